The van der Waals surface area contributed by atoms with Gasteiger partial charge in [-0.05, 0) is 43.9 Å². The van der Waals surface area contributed by atoms with Crippen molar-refractivity contribution in [1.82, 2.24) is 19.6 Å². The summed E-state index contributed by atoms with van der Waals surface area (Å²) >= 11 is 0. The quantitative estimate of drug-likeness (QED) is 0.838. The lowest BCUT2D eigenvalue weighted by Crippen LogP contribution is -2.44. The first-order valence-electron chi connectivity index (χ1n) is 9.74. The number of fused-ring (bicyclic) bond motifs is 1. The predicted octanol–water partition coefficient (Wildman–Crippen LogP) is 1.15. The lowest BCUT2D eigenvalue weighted by atomic mass is 9.76. The maximum absolute atomic E-state index is 13.2. The van der Waals surface area contributed by atoms with E-state index in [1.165, 1.54) is 4.90 Å². The monoisotopic (exact) mass is 374 g/mol. The standard InChI is InChI=1S/C19H26N4O4/c1-13(24)21-8-5-19(6-9-21)10-16(18(26)27)22(12-19)17(25)14-11-20-23-7-3-2-4-15(14)23/h11,16H,2-10,12H2,1H3,(H,26,27). The summed E-state index contributed by atoms with van der Waals surface area (Å²) in [6.45, 7) is 4.08. The van der Waals surface area contributed by atoms with E-state index >= 15 is 0 Å². The Balaban J connectivity index is 1.56. The molecule has 0 aliphatic carbocycles. The van der Waals surface area contributed by atoms with Crippen molar-refractivity contribution in [2.45, 2.75) is 58.0 Å². The Morgan fingerprint density at radius 2 is 1.93 bits per heavy atom. The third-order valence-corrected chi connectivity index (χ3v) is 6.54. The van der Waals surface area contributed by atoms with Crippen molar-refractivity contribution in [3.63, 3.8) is 0 Å². The lowest BCUT2D eigenvalue weighted by molar-refractivity contribution is -0.141. The second kappa shape index (κ2) is 6.65. The molecule has 2 amide bonds. The smallest absolute Gasteiger partial charge is 0.326 e. The van der Waals surface area contributed by atoms with Crippen LogP contribution in [0.3, 0.4) is 0 Å². The molecule has 1 atom stereocenters. The average Bonchev–Trinajstić information content (AvgIpc) is 3.24. The molecular formula is C19H26N4O4. The number of carbonyl (C=O) groups is 3. The minimum Gasteiger partial charge on any atom is -0.480 e. The third kappa shape index (κ3) is 3.11. The summed E-state index contributed by atoms with van der Waals surface area (Å²) < 4.78 is 1.88. The van der Waals surface area contributed by atoms with E-state index < -0.39 is 12.0 Å². The summed E-state index contributed by atoms with van der Waals surface area (Å²) in [7, 11) is 0. The number of aromatic nitrogens is 2. The fraction of sp³-hybridized carbons (Fsp3) is 0.684. The lowest BCUT2D eigenvalue weighted by Gasteiger charge is -2.38. The molecule has 3 aliphatic heterocycles. The Bertz CT molecular complexity index is 779. The summed E-state index contributed by atoms with van der Waals surface area (Å²) in [4.78, 5) is 40.1. The highest BCUT2D eigenvalue weighted by molar-refractivity contribution is 5.98. The number of carboxylic acid groups (broad SMARTS) is 1. The van der Waals surface area contributed by atoms with Crippen LogP contribution in [0, 0.1) is 5.41 Å². The van der Waals surface area contributed by atoms with Crippen molar-refractivity contribution in [2.75, 3.05) is 19.6 Å². The molecule has 1 aromatic rings. The van der Waals surface area contributed by atoms with Gasteiger partial charge in [-0.25, -0.2) is 4.79 Å². The van der Waals surface area contributed by atoms with Crippen LogP contribution < -0.4 is 0 Å². The fourth-order valence-corrected chi connectivity index (χ4v) is 4.90. The highest BCUT2D eigenvalue weighted by Crippen LogP contribution is 2.44. The molecule has 146 valence electrons. The van der Waals surface area contributed by atoms with Crippen molar-refractivity contribution >= 4 is 17.8 Å². The molecule has 1 unspecified atom stereocenters. The molecule has 0 radical (unpaired) electrons. The zero-order chi connectivity index (χ0) is 19.2. The van der Waals surface area contributed by atoms with E-state index in [9.17, 15) is 19.5 Å². The van der Waals surface area contributed by atoms with Crippen molar-refractivity contribution < 1.29 is 19.5 Å². The molecule has 2 fully saturated rings. The van der Waals surface area contributed by atoms with Gasteiger partial charge < -0.3 is 14.9 Å². The van der Waals surface area contributed by atoms with Crippen LogP contribution in [0.2, 0.25) is 0 Å². The number of hydrogen-bond acceptors (Lipinski definition) is 4. The average molecular weight is 374 g/mol. The topological polar surface area (TPSA) is 95.7 Å². The number of hydrogen-bond donors (Lipinski definition) is 1. The Hall–Kier alpha value is -2.38. The molecule has 4 rings (SSSR count). The maximum Gasteiger partial charge on any atom is 0.326 e. The Kier molecular flexibility index (Phi) is 4.44. The SMILES string of the molecule is CC(=O)N1CCC2(CC1)CC(C(=O)O)N(C(=O)c1cnn3c1CCCC3)C2. The molecule has 8 heteroatoms. The number of aryl methyl sites for hydroxylation is 1. The summed E-state index contributed by atoms with van der Waals surface area (Å²) in [5.74, 6) is -1.11. The number of amides is 2. The van der Waals surface area contributed by atoms with Crippen LogP contribution in [0.25, 0.3) is 0 Å². The van der Waals surface area contributed by atoms with Crippen LogP contribution in [-0.4, -0.2) is 68.1 Å². The molecule has 2 saturated heterocycles. The molecule has 27 heavy (non-hydrogen) atoms. The predicted molar refractivity (Wildman–Crippen MR) is 96.2 cm³/mol. The molecule has 1 spiro atoms. The number of carboxylic acids is 1. The molecule has 0 saturated carbocycles. The first kappa shape index (κ1) is 18.0. The molecular weight excluding hydrogens is 348 g/mol. The zero-order valence-electron chi connectivity index (χ0n) is 15.7. The molecule has 0 bridgehead atoms. The summed E-state index contributed by atoms with van der Waals surface area (Å²) in [6, 6.07) is -0.805. The van der Waals surface area contributed by atoms with Gasteiger partial charge in [-0.1, -0.05) is 0 Å². The van der Waals surface area contributed by atoms with Gasteiger partial charge in [-0.2, -0.15) is 5.10 Å². The number of aliphatic carboxylic acids is 1. The van der Waals surface area contributed by atoms with E-state index in [-0.39, 0.29) is 17.2 Å². The summed E-state index contributed by atoms with van der Waals surface area (Å²) in [6.07, 6.45) is 6.44. The highest BCUT2D eigenvalue weighted by Gasteiger charge is 2.50. The van der Waals surface area contributed by atoms with Gasteiger partial charge in [0.15, 0.2) is 0 Å². The first-order chi connectivity index (χ1) is 12.9. The molecule has 8 nitrogen and oxygen atoms in total. The van der Waals surface area contributed by atoms with Crippen molar-refractivity contribution in [3.8, 4) is 0 Å². The van der Waals surface area contributed by atoms with Gasteiger partial charge >= 0.3 is 5.97 Å². The number of nitrogens with zero attached hydrogens (tertiary/aromatic N) is 4. The van der Waals surface area contributed by atoms with E-state index in [1.807, 2.05) is 4.68 Å². The van der Waals surface area contributed by atoms with Crippen LogP contribution >= 0.6 is 0 Å². The Morgan fingerprint density at radius 3 is 2.59 bits per heavy atom. The van der Waals surface area contributed by atoms with E-state index in [0.717, 1.165) is 44.3 Å². The second-order valence-corrected chi connectivity index (χ2v) is 8.18. The Labute approximate surface area is 158 Å². The largest absolute Gasteiger partial charge is 0.480 e. The Morgan fingerprint density at radius 1 is 1.19 bits per heavy atom. The van der Waals surface area contributed by atoms with Crippen molar-refractivity contribution in [1.29, 1.82) is 0 Å². The van der Waals surface area contributed by atoms with E-state index in [0.29, 0.717) is 31.6 Å². The van der Waals surface area contributed by atoms with Gasteiger partial charge in [0.2, 0.25) is 5.91 Å². The van der Waals surface area contributed by atoms with Crippen LogP contribution in [-0.2, 0) is 22.6 Å². The number of likely N-dealkylation sites (tertiary alicyclic amines) is 2. The van der Waals surface area contributed by atoms with Gasteiger partial charge in [0.05, 0.1) is 17.5 Å². The first-order valence-corrected chi connectivity index (χ1v) is 9.74. The normalized spacial score (nSPS) is 24.1. The minimum atomic E-state index is -0.949. The van der Waals surface area contributed by atoms with Crippen LogP contribution in [0.15, 0.2) is 6.20 Å². The van der Waals surface area contributed by atoms with E-state index in [1.54, 1.807) is 18.0 Å². The molecule has 3 aliphatic rings. The molecule has 4 heterocycles. The number of carbonyl (C=O) groups excluding carboxylic acids is 2. The van der Waals surface area contributed by atoms with Gasteiger partial charge in [0.25, 0.3) is 5.91 Å². The minimum absolute atomic E-state index is 0.0528. The van der Waals surface area contributed by atoms with Crippen molar-refractivity contribution in [3.05, 3.63) is 17.5 Å². The highest BCUT2D eigenvalue weighted by atomic mass is 16.4. The van der Waals surface area contributed by atoms with Gasteiger partial charge in [-0.15, -0.1) is 0 Å². The fourth-order valence-electron chi connectivity index (χ4n) is 4.90. The zero-order valence-corrected chi connectivity index (χ0v) is 15.7. The third-order valence-electron chi connectivity index (χ3n) is 6.54. The summed E-state index contributed by atoms with van der Waals surface area (Å²) in [5, 5.41) is 14.1. The van der Waals surface area contributed by atoms with Crippen LogP contribution in [0.1, 0.15) is 55.1 Å². The molecule has 1 aromatic heterocycles. The maximum atomic E-state index is 13.2. The van der Waals surface area contributed by atoms with E-state index in [4.69, 9.17) is 0 Å². The number of rotatable bonds is 2. The molecule has 0 aromatic carbocycles. The van der Waals surface area contributed by atoms with Crippen LogP contribution in [0.4, 0.5) is 0 Å². The van der Waals surface area contributed by atoms with Gasteiger partial charge in [0, 0.05) is 33.1 Å². The van der Waals surface area contributed by atoms with Crippen molar-refractivity contribution in [2.24, 2.45) is 5.41 Å². The van der Waals surface area contributed by atoms with E-state index in [2.05, 4.69) is 5.10 Å². The molecule has 1 N–H and O–H groups in total. The second-order valence-electron chi connectivity index (χ2n) is 8.18. The van der Waals surface area contributed by atoms with Gasteiger partial charge in [-0.3, -0.25) is 14.3 Å². The number of piperidine rings is 1. The van der Waals surface area contributed by atoms with Crippen LogP contribution in [0.5, 0.6) is 0 Å². The van der Waals surface area contributed by atoms with Gasteiger partial charge in [0.1, 0.15) is 6.04 Å². The summed E-state index contributed by atoms with van der Waals surface area (Å²) in [5.41, 5.74) is 1.28.